The van der Waals surface area contributed by atoms with Crippen LogP contribution in [0.25, 0.3) is 0 Å². The van der Waals surface area contributed by atoms with E-state index in [0.717, 1.165) is 11.1 Å². The van der Waals surface area contributed by atoms with Crippen LogP contribution < -0.4 is 10.2 Å². The fourth-order valence-corrected chi connectivity index (χ4v) is 7.73. The number of fused-ring (bicyclic) bond motifs is 1. The molecule has 2 aromatic carbocycles. The minimum atomic E-state index is -1.28. The van der Waals surface area contributed by atoms with Gasteiger partial charge in [-0.05, 0) is 69.7 Å². The van der Waals surface area contributed by atoms with Crippen LogP contribution in [-0.4, -0.2) is 76.7 Å². The topological polar surface area (TPSA) is 125 Å². The van der Waals surface area contributed by atoms with Crippen LogP contribution in [0.1, 0.15) is 62.3 Å². The number of hydrogen-bond acceptors (Lipinski definition) is 7. The second-order valence-corrected chi connectivity index (χ2v) is 13.3. The molecule has 3 amide bonds. The first-order chi connectivity index (χ1) is 23.0. The number of nitrogens with one attached hydrogen (secondary N) is 1. The standard InChI is InChI=1S/C38H47N3O7/c1-7-9-15-30(43)39-26(6)33(27-13-11-10-12-14-27)47-37(46)31-29-18-19-38(48-29)32(31)35(44)41(25(5)22-42)34(38)36(45)40(20-8-2)28-21-23(3)16-17-24(28)4/h7-8,10-14,16-17,21,25-26,29,31-34,42H,1-2,9,15,18-20,22H2,3-6H3,(H,39,43)/t25-,26-,29-,31+,32+,33-,34-,38+/m1/s1. The summed E-state index contributed by atoms with van der Waals surface area (Å²) in [5.74, 6) is -3.54. The van der Waals surface area contributed by atoms with Crippen molar-refractivity contribution in [1.82, 2.24) is 10.2 Å². The lowest BCUT2D eigenvalue weighted by Crippen LogP contribution is -2.58. The zero-order valence-electron chi connectivity index (χ0n) is 28.3. The minimum absolute atomic E-state index is 0.194. The van der Waals surface area contributed by atoms with E-state index in [0.29, 0.717) is 30.5 Å². The van der Waals surface area contributed by atoms with Crippen molar-refractivity contribution in [2.75, 3.05) is 18.1 Å². The lowest BCUT2D eigenvalue weighted by Gasteiger charge is -2.38. The van der Waals surface area contributed by atoms with Crippen LogP contribution in [-0.2, 0) is 28.7 Å². The van der Waals surface area contributed by atoms with E-state index >= 15 is 0 Å². The third-order valence-electron chi connectivity index (χ3n) is 10.0. The van der Waals surface area contributed by atoms with Gasteiger partial charge < -0.3 is 29.7 Å². The van der Waals surface area contributed by atoms with Crippen LogP contribution in [0.15, 0.2) is 73.8 Å². The highest BCUT2D eigenvalue weighted by Crippen LogP contribution is 2.59. The molecule has 48 heavy (non-hydrogen) atoms. The lowest BCUT2D eigenvalue weighted by atomic mass is 9.70. The summed E-state index contributed by atoms with van der Waals surface area (Å²) < 4.78 is 12.8. The van der Waals surface area contributed by atoms with Crippen molar-refractivity contribution in [3.8, 4) is 0 Å². The normalized spacial score (nSPS) is 25.9. The molecule has 3 heterocycles. The average molecular weight is 658 g/mol. The number of carbonyl (C=O) groups excluding carboxylic acids is 4. The summed E-state index contributed by atoms with van der Waals surface area (Å²) in [7, 11) is 0. The van der Waals surface area contributed by atoms with E-state index in [1.54, 1.807) is 30.9 Å². The van der Waals surface area contributed by atoms with Crippen molar-refractivity contribution in [1.29, 1.82) is 0 Å². The van der Waals surface area contributed by atoms with Crippen LogP contribution in [0.3, 0.4) is 0 Å². The Kier molecular flexibility index (Phi) is 10.6. The lowest BCUT2D eigenvalue weighted by molar-refractivity contribution is -0.162. The number of nitrogens with zero attached hydrogens (tertiary/aromatic N) is 2. The predicted octanol–water partition coefficient (Wildman–Crippen LogP) is 4.33. The molecule has 8 atom stereocenters. The molecule has 0 aromatic heterocycles. The summed E-state index contributed by atoms with van der Waals surface area (Å²) in [5, 5.41) is 13.2. The molecule has 2 aromatic rings. The van der Waals surface area contributed by atoms with E-state index in [2.05, 4.69) is 18.5 Å². The highest BCUT2D eigenvalue weighted by Gasteiger charge is 2.75. The summed E-state index contributed by atoms with van der Waals surface area (Å²) in [6.45, 7) is 14.7. The van der Waals surface area contributed by atoms with E-state index in [-0.39, 0.29) is 31.4 Å². The zero-order valence-corrected chi connectivity index (χ0v) is 28.3. The number of carbonyl (C=O) groups is 4. The molecule has 10 nitrogen and oxygen atoms in total. The third-order valence-corrected chi connectivity index (χ3v) is 10.0. The van der Waals surface area contributed by atoms with Gasteiger partial charge in [0.2, 0.25) is 11.8 Å². The number of benzene rings is 2. The van der Waals surface area contributed by atoms with Crippen molar-refractivity contribution in [2.24, 2.45) is 11.8 Å². The number of likely N-dealkylation sites (tertiary alicyclic amines) is 1. The van der Waals surface area contributed by atoms with Gasteiger partial charge in [-0.3, -0.25) is 19.2 Å². The molecule has 5 rings (SSSR count). The molecule has 3 aliphatic heterocycles. The molecule has 2 N–H and O–H groups in total. The van der Waals surface area contributed by atoms with Gasteiger partial charge in [0, 0.05) is 18.7 Å². The number of rotatable bonds is 14. The first-order valence-corrected chi connectivity index (χ1v) is 16.7. The molecular formula is C38H47N3O7. The number of anilines is 1. The van der Waals surface area contributed by atoms with Crippen LogP contribution in [0.2, 0.25) is 0 Å². The maximum Gasteiger partial charge on any atom is 0.313 e. The Bertz CT molecular complexity index is 1560. The van der Waals surface area contributed by atoms with Gasteiger partial charge in [-0.25, -0.2) is 0 Å². The Morgan fingerprint density at radius 2 is 1.88 bits per heavy atom. The summed E-state index contributed by atoms with van der Waals surface area (Å²) in [4.78, 5) is 59.2. The summed E-state index contributed by atoms with van der Waals surface area (Å²) in [6.07, 6.45) is 3.46. The monoisotopic (exact) mass is 657 g/mol. The maximum atomic E-state index is 14.8. The quantitative estimate of drug-likeness (QED) is 0.229. The Hall–Kier alpha value is -4.28. The molecule has 3 saturated heterocycles. The van der Waals surface area contributed by atoms with Gasteiger partial charge in [0.15, 0.2) is 0 Å². The van der Waals surface area contributed by atoms with Gasteiger partial charge in [0.05, 0.1) is 36.6 Å². The number of amides is 3. The molecular weight excluding hydrogens is 610 g/mol. The fraction of sp³-hybridized carbons (Fsp3) is 0.474. The summed E-state index contributed by atoms with van der Waals surface area (Å²) in [6, 6.07) is 12.6. The molecule has 256 valence electrons. The van der Waals surface area contributed by atoms with E-state index < -0.39 is 59.6 Å². The first-order valence-electron chi connectivity index (χ1n) is 16.7. The van der Waals surface area contributed by atoms with Crippen molar-refractivity contribution >= 4 is 29.4 Å². The van der Waals surface area contributed by atoms with Gasteiger partial charge in [0.25, 0.3) is 5.91 Å². The number of ether oxygens (including phenoxy) is 2. The number of allylic oxidation sites excluding steroid dienone is 1. The van der Waals surface area contributed by atoms with Gasteiger partial charge in [-0.15, -0.1) is 13.2 Å². The van der Waals surface area contributed by atoms with Gasteiger partial charge in [-0.2, -0.15) is 0 Å². The van der Waals surface area contributed by atoms with E-state index in [1.807, 2.05) is 62.4 Å². The Morgan fingerprint density at radius 1 is 1.15 bits per heavy atom. The molecule has 3 fully saturated rings. The van der Waals surface area contributed by atoms with E-state index in [9.17, 15) is 24.3 Å². The van der Waals surface area contributed by atoms with Crippen LogP contribution in [0.5, 0.6) is 0 Å². The summed E-state index contributed by atoms with van der Waals surface area (Å²) >= 11 is 0. The molecule has 0 radical (unpaired) electrons. The van der Waals surface area contributed by atoms with Crippen LogP contribution >= 0.6 is 0 Å². The van der Waals surface area contributed by atoms with Crippen molar-refractivity contribution in [3.63, 3.8) is 0 Å². The zero-order chi connectivity index (χ0) is 34.7. The Morgan fingerprint density at radius 3 is 2.54 bits per heavy atom. The van der Waals surface area contributed by atoms with Crippen molar-refractivity contribution in [2.45, 2.75) is 89.3 Å². The SMILES string of the molecule is C=CCCC(=O)N[C@H](C)[C@@H](OC(=O)[C@@H]1[C@H]2C(=O)N([C@H](C)CO)[C@H](C(=O)N(CC=C)c3cc(C)ccc3C)[C@]23CC[C@H]1O3)c1ccccc1. The molecule has 0 unspecified atom stereocenters. The van der Waals surface area contributed by atoms with Crippen LogP contribution in [0, 0.1) is 25.7 Å². The molecule has 10 heteroatoms. The number of esters is 1. The van der Waals surface area contributed by atoms with Gasteiger partial charge >= 0.3 is 5.97 Å². The van der Waals surface area contributed by atoms with E-state index in [1.165, 1.54) is 4.90 Å². The smallest absolute Gasteiger partial charge is 0.313 e. The minimum Gasteiger partial charge on any atom is -0.455 e. The average Bonchev–Trinajstić information content (AvgIpc) is 3.73. The second-order valence-electron chi connectivity index (χ2n) is 13.3. The summed E-state index contributed by atoms with van der Waals surface area (Å²) in [5.41, 5.74) is 1.96. The number of aliphatic hydroxyl groups is 1. The molecule has 1 spiro atoms. The molecule has 2 bridgehead atoms. The number of hydrogen-bond donors (Lipinski definition) is 2. The third kappa shape index (κ3) is 6.31. The largest absolute Gasteiger partial charge is 0.455 e. The Labute approximate surface area is 282 Å². The fourth-order valence-electron chi connectivity index (χ4n) is 7.73. The highest BCUT2D eigenvalue weighted by atomic mass is 16.6. The predicted molar refractivity (Wildman–Crippen MR) is 182 cm³/mol. The second kappa shape index (κ2) is 14.5. The first kappa shape index (κ1) is 35.0. The van der Waals surface area contributed by atoms with Gasteiger partial charge in [-0.1, -0.05) is 54.6 Å². The Balaban J connectivity index is 1.49. The molecule has 0 saturated carbocycles. The highest BCUT2D eigenvalue weighted by molar-refractivity contribution is 6.05. The van der Waals surface area contributed by atoms with Crippen LogP contribution in [0.4, 0.5) is 5.69 Å². The van der Waals surface area contributed by atoms with Crippen molar-refractivity contribution in [3.05, 3.63) is 90.5 Å². The number of aryl methyl sites for hydroxylation is 2. The maximum absolute atomic E-state index is 14.8. The molecule has 0 aliphatic carbocycles. The van der Waals surface area contributed by atoms with Crippen molar-refractivity contribution < 1.29 is 33.8 Å². The molecule has 3 aliphatic rings. The number of aliphatic hydroxyl groups excluding tert-OH is 1. The van der Waals surface area contributed by atoms with Gasteiger partial charge in [0.1, 0.15) is 17.7 Å². The van der Waals surface area contributed by atoms with E-state index in [4.69, 9.17) is 9.47 Å².